The fourth-order valence-corrected chi connectivity index (χ4v) is 4.10. The van der Waals surface area contributed by atoms with Crippen molar-refractivity contribution in [3.05, 3.63) is 59.3 Å². The summed E-state index contributed by atoms with van der Waals surface area (Å²) in [6, 6.07) is 14.8. The molecule has 0 aliphatic carbocycles. The highest BCUT2D eigenvalue weighted by molar-refractivity contribution is 5.90. The van der Waals surface area contributed by atoms with Crippen LogP contribution in [0, 0.1) is 11.3 Å². The minimum atomic E-state index is 0.277. The molecule has 1 N–H and O–H groups in total. The van der Waals surface area contributed by atoms with Crippen LogP contribution in [-0.4, -0.2) is 21.3 Å². The number of nitrogens with one attached hydrogen (secondary N) is 1. The molecule has 3 heterocycles. The maximum atomic E-state index is 9.54. The number of nitrogens with zero attached hydrogens (tertiary/aromatic N) is 4. The molecule has 144 valence electrons. The minimum Gasteiger partial charge on any atom is -0.344 e. The fraction of sp³-hybridized carbons (Fsp3) is 0.261. The first-order valence-electron chi connectivity index (χ1n) is 9.86. The van der Waals surface area contributed by atoms with Crippen molar-refractivity contribution in [3.63, 3.8) is 0 Å². The van der Waals surface area contributed by atoms with Crippen LogP contribution in [0.2, 0.25) is 0 Å². The van der Waals surface area contributed by atoms with E-state index in [0.29, 0.717) is 17.3 Å². The molecule has 0 atom stereocenters. The molecule has 29 heavy (non-hydrogen) atoms. The van der Waals surface area contributed by atoms with E-state index in [1.807, 2.05) is 30.5 Å². The van der Waals surface area contributed by atoms with Gasteiger partial charge in [-0.05, 0) is 56.1 Å². The van der Waals surface area contributed by atoms with Crippen LogP contribution in [0.3, 0.4) is 0 Å². The lowest BCUT2D eigenvalue weighted by atomic mass is 9.95. The largest absolute Gasteiger partial charge is 0.344 e. The number of hydrogen-bond donors (Lipinski definition) is 1. The molecule has 1 aliphatic heterocycles. The molecule has 0 unspecified atom stereocenters. The molecule has 0 radical (unpaired) electrons. The molecule has 0 saturated carbocycles. The highest BCUT2D eigenvalue weighted by Gasteiger charge is 2.19. The fourth-order valence-electron chi connectivity index (χ4n) is 4.10. The van der Waals surface area contributed by atoms with Crippen molar-refractivity contribution in [2.24, 2.45) is 0 Å². The second-order valence-corrected chi connectivity index (χ2v) is 7.68. The Labute approximate surface area is 168 Å². The predicted octanol–water partition coefficient (Wildman–Crippen LogP) is 4.46. The number of aromatic nitrogens is 3. The van der Waals surface area contributed by atoms with Gasteiger partial charge < -0.3 is 14.4 Å². The molecule has 0 spiro atoms. The summed E-state index contributed by atoms with van der Waals surface area (Å²) in [7, 11) is 0. The number of benzene rings is 2. The SMILES string of the molecule is CC(C)n1cc(C#N)c2cc(-c3nc(-c4cccc5c4CCNC5)no3)ccc21. The monoisotopic (exact) mass is 383 g/mol. The van der Waals surface area contributed by atoms with E-state index >= 15 is 0 Å². The van der Waals surface area contributed by atoms with Gasteiger partial charge in [0.2, 0.25) is 5.82 Å². The van der Waals surface area contributed by atoms with Crippen LogP contribution in [0.15, 0.2) is 47.1 Å². The Bertz CT molecular complexity index is 1260. The van der Waals surface area contributed by atoms with E-state index in [4.69, 9.17) is 4.52 Å². The van der Waals surface area contributed by atoms with Gasteiger partial charge in [0.15, 0.2) is 0 Å². The molecule has 0 saturated heterocycles. The third-order valence-electron chi connectivity index (χ3n) is 5.56. The molecule has 1 aliphatic rings. The van der Waals surface area contributed by atoms with E-state index in [-0.39, 0.29) is 6.04 Å². The number of fused-ring (bicyclic) bond motifs is 2. The second kappa shape index (κ2) is 6.87. The summed E-state index contributed by atoms with van der Waals surface area (Å²) in [6.07, 6.45) is 2.86. The highest BCUT2D eigenvalue weighted by atomic mass is 16.5. The Balaban J connectivity index is 1.58. The molecular formula is C23H21N5O. The highest BCUT2D eigenvalue weighted by Crippen LogP contribution is 2.31. The van der Waals surface area contributed by atoms with Crippen LogP contribution in [0.5, 0.6) is 0 Å². The first-order valence-corrected chi connectivity index (χ1v) is 9.86. The van der Waals surface area contributed by atoms with Gasteiger partial charge in [-0.25, -0.2) is 0 Å². The summed E-state index contributed by atoms with van der Waals surface area (Å²) in [6.45, 7) is 6.03. The van der Waals surface area contributed by atoms with Crippen molar-refractivity contribution < 1.29 is 4.52 Å². The maximum Gasteiger partial charge on any atom is 0.258 e. The van der Waals surface area contributed by atoms with Gasteiger partial charge in [0, 0.05) is 40.8 Å². The van der Waals surface area contributed by atoms with Crippen LogP contribution in [0.4, 0.5) is 0 Å². The molecule has 0 bridgehead atoms. The Morgan fingerprint density at radius 1 is 1.24 bits per heavy atom. The van der Waals surface area contributed by atoms with Crippen molar-refractivity contribution in [3.8, 4) is 28.9 Å². The van der Waals surface area contributed by atoms with Crippen LogP contribution >= 0.6 is 0 Å². The van der Waals surface area contributed by atoms with Gasteiger partial charge in [0.1, 0.15) is 6.07 Å². The van der Waals surface area contributed by atoms with E-state index in [9.17, 15) is 5.26 Å². The quantitative estimate of drug-likeness (QED) is 0.565. The Morgan fingerprint density at radius 3 is 2.97 bits per heavy atom. The summed E-state index contributed by atoms with van der Waals surface area (Å²) in [5.41, 5.74) is 6.11. The Hall–Kier alpha value is -3.43. The zero-order chi connectivity index (χ0) is 20.0. The normalized spacial score (nSPS) is 13.6. The van der Waals surface area contributed by atoms with Gasteiger partial charge in [-0.1, -0.05) is 23.4 Å². The van der Waals surface area contributed by atoms with Crippen molar-refractivity contribution in [2.75, 3.05) is 6.54 Å². The van der Waals surface area contributed by atoms with E-state index in [1.165, 1.54) is 11.1 Å². The van der Waals surface area contributed by atoms with Crippen molar-refractivity contribution >= 4 is 10.9 Å². The van der Waals surface area contributed by atoms with E-state index in [2.05, 4.69) is 52.1 Å². The zero-order valence-electron chi connectivity index (χ0n) is 16.4. The summed E-state index contributed by atoms with van der Waals surface area (Å²) >= 11 is 0. The third kappa shape index (κ3) is 2.91. The van der Waals surface area contributed by atoms with Gasteiger partial charge in [-0.3, -0.25) is 0 Å². The summed E-state index contributed by atoms with van der Waals surface area (Å²) < 4.78 is 7.72. The van der Waals surface area contributed by atoms with Gasteiger partial charge >= 0.3 is 0 Å². The summed E-state index contributed by atoms with van der Waals surface area (Å²) in [5.74, 6) is 1.08. The average Bonchev–Trinajstić information content (AvgIpc) is 3.38. The number of rotatable bonds is 3. The summed E-state index contributed by atoms with van der Waals surface area (Å²) in [5, 5.41) is 18.1. The molecule has 6 heteroatoms. The first kappa shape index (κ1) is 17.7. The minimum absolute atomic E-state index is 0.277. The standard InChI is InChI=1S/C23H21N5O/c1-14(2)28-13-17(11-24)20-10-15(6-7-21(20)28)23-26-22(27-29-23)19-5-3-4-16-12-25-9-8-18(16)19/h3-7,10,13-14,25H,8-9,12H2,1-2H3. The molecule has 2 aromatic heterocycles. The third-order valence-corrected chi connectivity index (χ3v) is 5.56. The molecular weight excluding hydrogens is 362 g/mol. The van der Waals surface area contributed by atoms with Crippen LogP contribution in [0.1, 0.15) is 36.6 Å². The molecule has 6 nitrogen and oxygen atoms in total. The second-order valence-electron chi connectivity index (χ2n) is 7.68. The topological polar surface area (TPSA) is 79.7 Å². The molecule has 0 amide bonds. The van der Waals surface area contributed by atoms with Gasteiger partial charge in [0.05, 0.1) is 5.56 Å². The summed E-state index contributed by atoms with van der Waals surface area (Å²) in [4.78, 5) is 4.68. The zero-order valence-corrected chi connectivity index (χ0v) is 16.4. The van der Waals surface area contributed by atoms with Gasteiger partial charge in [-0.2, -0.15) is 10.2 Å². The molecule has 4 aromatic rings. The van der Waals surface area contributed by atoms with Gasteiger partial charge in [0.25, 0.3) is 5.89 Å². The average molecular weight is 383 g/mol. The smallest absolute Gasteiger partial charge is 0.258 e. The Morgan fingerprint density at radius 2 is 2.14 bits per heavy atom. The van der Waals surface area contributed by atoms with E-state index < -0.39 is 0 Å². The lowest BCUT2D eigenvalue weighted by Gasteiger charge is -2.18. The lowest BCUT2D eigenvalue weighted by molar-refractivity contribution is 0.432. The maximum absolute atomic E-state index is 9.54. The molecule has 5 rings (SSSR count). The molecule has 2 aromatic carbocycles. The predicted molar refractivity (Wildman–Crippen MR) is 111 cm³/mol. The van der Waals surface area contributed by atoms with E-state index in [1.54, 1.807) is 0 Å². The number of nitriles is 1. The van der Waals surface area contributed by atoms with Crippen molar-refractivity contribution in [1.29, 1.82) is 5.26 Å². The van der Waals surface area contributed by atoms with Crippen molar-refractivity contribution in [2.45, 2.75) is 32.9 Å². The number of hydrogen-bond acceptors (Lipinski definition) is 5. The first-order chi connectivity index (χ1) is 14.2. The van der Waals surface area contributed by atoms with Crippen LogP contribution in [-0.2, 0) is 13.0 Å². The van der Waals surface area contributed by atoms with Gasteiger partial charge in [-0.15, -0.1) is 0 Å². The van der Waals surface area contributed by atoms with Crippen molar-refractivity contribution in [1.82, 2.24) is 20.0 Å². The molecule has 0 fully saturated rings. The Kier molecular flexibility index (Phi) is 4.18. The van der Waals surface area contributed by atoms with Crippen LogP contribution in [0.25, 0.3) is 33.7 Å². The lowest BCUT2D eigenvalue weighted by Crippen LogP contribution is -2.24. The van der Waals surface area contributed by atoms with Crippen LogP contribution < -0.4 is 5.32 Å². The van der Waals surface area contributed by atoms with E-state index in [0.717, 1.165) is 41.5 Å².